The number of nitrogen functional groups attached to an aromatic ring is 1. The number of anilines is 1. The van der Waals surface area contributed by atoms with Crippen molar-refractivity contribution in [3.8, 4) is 0 Å². The van der Waals surface area contributed by atoms with Gasteiger partial charge in [0.1, 0.15) is 0 Å². The summed E-state index contributed by atoms with van der Waals surface area (Å²) in [5, 5.41) is 0. The number of nitrogens with one attached hydrogen (secondary N) is 1. The van der Waals surface area contributed by atoms with Gasteiger partial charge in [0.25, 0.3) is 0 Å². The fourth-order valence-corrected chi connectivity index (χ4v) is 1.74. The molecule has 0 aliphatic heterocycles. The van der Waals surface area contributed by atoms with Gasteiger partial charge < -0.3 is 10.7 Å². The van der Waals surface area contributed by atoms with Crippen molar-refractivity contribution in [2.45, 2.75) is 0 Å². The van der Waals surface area contributed by atoms with Gasteiger partial charge in [0.05, 0.1) is 5.69 Å². The largest absolute Gasteiger partial charge is 0.398 e. The van der Waals surface area contributed by atoms with E-state index in [1.807, 2.05) is 0 Å². The number of H-pyrrole nitrogens is 1. The van der Waals surface area contributed by atoms with Crippen LogP contribution in [0.25, 0.3) is 0 Å². The van der Waals surface area contributed by atoms with Gasteiger partial charge in [-0.2, -0.15) is 0 Å². The standard InChI is InChI=1S/C11H9BrN2O/c12-7-3-4-8(9(13)6-7)11(15)10-2-1-5-14-10/h1-6,14H,13H2. The van der Waals surface area contributed by atoms with Crippen molar-refractivity contribution < 1.29 is 4.79 Å². The van der Waals surface area contributed by atoms with Crippen molar-refractivity contribution in [2.75, 3.05) is 5.73 Å². The first-order chi connectivity index (χ1) is 7.18. The van der Waals surface area contributed by atoms with E-state index in [0.717, 1.165) is 4.47 Å². The van der Waals surface area contributed by atoms with Crippen LogP contribution in [0, 0.1) is 0 Å². The van der Waals surface area contributed by atoms with Crippen molar-refractivity contribution in [3.05, 3.63) is 52.3 Å². The minimum Gasteiger partial charge on any atom is -0.398 e. The summed E-state index contributed by atoms with van der Waals surface area (Å²) >= 11 is 3.30. The monoisotopic (exact) mass is 264 g/mol. The van der Waals surface area contributed by atoms with Crippen molar-refractivity contribution in [3.63, 3.8) is 0 Å². The maximum Gasteiger partial charge on any atom is 0.211 e. The molecule has 4 heteroatoms. The third-order valence-electron chi connectivity index (χ3n) is 2.10. The molecule has 15 heavy (non-hydrogen) atoms. The highest BCUT2D eigenvalue weighted by atomic mass is 79.9. The lowest BCUT2D eigenvalue weighted by molar-refractivity contribution is 0.103. The van der Waals surface area contributed by atoms with Crippen LogP contribution in [0.1, 0.15) is 16.1 Å². The molecule has 3 nitrogen and oxygen atoms in total. The van der Waals surface area contributed by atoms with E-state index in [4.69, 9.17) is 5.73 Å². The molecule has 0 saturated heterocycles. The van der Waals surface area contributed by atoms with Crippen LogP contribution in [0.2, 0.25) is 0 Å². The SMILES string of the molecule is Nc1cc(Br)ccc1C(=O)c1ccc[nH]1. The average molecular weight is 265 g/mol. The predicted octanol–water partition coefficient (Wildman–Crippen LogP) is 2.59. The lowest BCUT2D eigenvalue weighted by Crippen LogP contribution is -2.05. The molecule has 0 unspecified atom stereocenters. The van der Waals surface area contributed by atoms with Gasteiger partial charge in [0, 0.05) is 21.9 Å². The molecule has 1 aromatic carbocycles. The van der Waals surface area contributed by atoms with E-state index < -0.39 is 0 Å². The Kier molecular flexibility index (Phi) is 2.60. The van der Waals surface area contributed by atoms with Gasteiger partial charge in [-0.15, -0.1) is 0 Å². The predicted molar refractivity (Wildman–Crippen MR) is 62.8 cm³/mol. The molecule has 0 aliphatic carbocycles. The van der Waals surface area contributed by atoms with Crippen molar-refractivity contribution >= 4 is 27.4 Å². The first-order valence-corrected chi connectivity index (χ1v) is 5.21. The molecule has 0 bridgehead atoms. The molecule has 2 aromatic rings. The maximum atomic E-state index is 11.9. The quantitative estimate of drug-likeness (QED) is 0.647. The number of benzene rings is 1. The topological polar surface area (TPSA) is 58.9 Å². The normalized spacial score (nSPS) is 10.2. The number of halogens is 1. The van der Waals surface area contributed by atoms with E-state index in [9.17, 15) is 4.79 Å². The summed E-state index contributed by atoms with van der Waals surface area (Å²) in [6.07, 6.45) is 1.71. The second-order valence-corrected chi connectivity index (χ2v) is 4.06. The van der Waals surface area contributed by atoms with E-state index in [0.29, 0.717) is 16.9 Å². The van der Waals surface area contributed by atoms with Gasteiger partial charge in [0.15, 0.2) is 0 Å². The zero-order chi connectivity index (χ0) is 10.8. The minimum absolute atomic E-state index is 0.0926. The Bertz CT molecular complexity index is 491. The zero-order valence-electron chi connectivity index (χ0n) is 7.83. The molecule has 0 saturated carbocycles. The first-order valence-electron chi connectivity index (χ1n) is 4.41. The Balaban J connectivity index is 2.42. The van der Waals surface area contributed by atoms with Gasteiger partial charge >= 0.3 is 0 Å². The Morgan fingerprint density at radius 2 is 2.13 bits per heavy atom. The molecule has 1 heterocycles. The number of aromatic nitrogens is 1. The van der Waals surface area contributed by atoms with Crippen molar-refractivity contribution in [1.29, 1.82) is 0 Å². The molecule has 3 N–H and O–H groups in total. The van der Waals surface area contributed by atoms with Crippen LogP contribution in [0.15, 0.2) is 41.0 Å². The van der Waals surface area contributed by atoms with Gasteiger partial charge in [-0.1, -0.05) is 15.9 Å². The van der Waals surface area contributed by atoms with E-state index >= 15 is 0 Å². The molecular formula is C11H9BrN2O. The number of hydrogen-bond acceptors (Lipinski definition) is 2. The van der Waals surface area contributed by atoms with Gasteiger partial charge in [-0.05, 0) is 30.3 Å². The Morgan fingerprint density at radius 3 is 2.73 bits per heavy atom. The molecule has 0 atom stereocenters. The molecule has 0 fully saturated rings. The van der Waals surface area contributed by atoms with Crippen LogP contribution in [0.3, 0.4) is 0 Å². The number of ketones is 1. The van der Waals surface area contributed by atoms with Gasteiger partial charge in [0.2, 0.25) is 5.78 Å². The number of carbonyl (C=O) groups excluding carboxylic acids is 1. The highest BCUT2D eigenvalue weighted by Gasteiger charge is 2.12. The van der Waals surface area contributed by atoms with Crippen LogP contribution in [-0.2, 0) is 0 Å². The fraction of sp³-hybridized carbons (Fsp3) is 0. The molecule has 2 rings (SSSR count). The summed E-state index contributed by atoms with van der Waals surface area (Å²) in [5.74, 6) is -0.0926. The molecule has 0 radical (unpaired) electrons. The summed E-state index contributed by atoms with van der Waals surface area (Å²) in [4.78, 5) is 14.8. The Hall–Kier alpha value is -1.55. The first kappa shape index (κ1) is 9.98. The van der Waals surface area contributed by atoms with E-state index in [1.165, 1.54) is 0 Å². The molecule has 76 valence electrons. The van der Waals surface area contributed by atoms with E-state index in [-0.39, 0.29) is 5.78 Å². The van der Waals surface area contributed by atoms with E-state index in [2.05, 4.69) is 20.9 Å². The zero-order valence-corrected chi connectivity index (χ0v) is 9.41. The van der Waals surface area contributed by atoms with Crippen LogP contribution >= 0.6 is 15.9 Å². The lowest BCUT2D eigenvalue weighted by Gasteiger charge is -2.03. The van der Waals surface area contributed by atoms with Crippen LogP contribution < -0.4 is 5.73 Å². The molecule has 0 aliphatic rings. The maximum absolute atomic E-state index is 11.9. The molecule has 0 amide bonds. The smallest absolute Gasteiger partial charge is 0.211 e. The third-order valence-corrected chi connectivity index (χ3v) is 2.59. The van der Waals surface area contributed by atoms with Crippen LogP contribution in [0.5, 0.6) is 0 Å². The minimum atomic E-state index is -0.0926. The summed E-state index contributed by atoms with van der Waals surface area (Å²) in [6.45, 7) is 0. The number of aromatic amines is 1. The van der Waals surface area contributed by atoms with Crippen LogP contribution in [0.4, 0.5) is 5.69 Å². The summed E-state index contributed by atoms with van der Waals surface area (Å²) in [6, 6.07) is 8.73. The molecular weight excluding hydrogens is 256 g/mol. The van der Waals surface area contributed by atoms with Gasteiger partial charge in [-0.3, -0.25) is 4.79 Å². The second-order valence-electron chi connectivity index (χ2n) is 3.14. The van der Waals surface area contributed by atoms with Crippen molar-refractivity contribution in [2.24, 2.45) is 0 Å². The Labute approximate surface area is 95.4 Å². The third kappa shape index (κ3) is 1.94. The number of rotatable bonds is 2. The average Bonchev–Trinajstić information content (AvgIpc) is 2.69. The highest BCUT2D eigenvalue weighted by Crippen LogP contribution is 2.20. The fourth-order valence-electron chi connectivity index (χ4n) is 1.36. The van der Waals surface area contributed by atoms with Crippen molar-refractivity contribution in [1.82, 2.24) is 4.98 Å². The second kappa shape index (κ2) is 3.90. The highest BCUT2D eigenvalue weighted by molar-refractivity contribution is 9.10. The summed E-state index contributed by atoms with van der Waals surface area (Å²) in [5.41, 5.74) is 7.30. The number of hydrogen-bond donors (Lipinski definition) is 2. The lowest BCUT2D eigenvalue weighted by atomic mass is 10.1. The number of carbonyl (C=O) groups is 1. The van der Waals surface area contributed by atoms with E-state index in [1.54, 1.807) is 36.5 Å². The molecule has 0 spiro atoms. The summed E-state index contributed by atoms with van der Waals surface area (Å²) < 4.78 is 0.864. The number of nitrogens with two attached hydrogens (primary N) is 1. The summed E-state index contributed by atoms with van der Waals surface area (Å²) in [7, 11) is 0. The molecule has 1 aromatic heterocycles. The van der Waals surface area contributed by atoms with Crippen LogP contribution in [-0.4, -0.2) is 10.8 Å². The Morgan fingerprint density at radius 1 is 1.33 bits per heavy atom. The van der Waals surface area contributed by atoms with Gasteiger partial charge in [-0.25, -0.2) is 0 Å².